The van der Waals surface area contributed by atoms with E-state index in [1.54, 1.807) is 0 Å². The van der Waals surface area contributed by atoms with Crippen molar-refractivity contribution in [2.24, 2.45) is 0 Å². The number of carbonyl (C=O) groups is 4. The summed E-state index contributed by atoms with van der Waals surface area (Å²) in [5.74, 6) is -2.34. The quantitative estimate of drug-likeness (QED) is 0.0169. The molecular weight excluding hydrogens is 1330 g/mol. The van der Waals surface area contributed by atoms with Crippen molar-refractivity contribution in [1.82, 2.24) is 0 Å². The Morgan fingerprint density at radius 1 is 0.284 bits per heavy atom. The van der Waals surface area contributed by atoms with Gasteiger partial charge in [-0.1, -0.05) is 263 Å². The van der Waals surface area contributed by atoms with E-state index < -0.39 is 97.5 Å². The van der Waals surface area contributed by atoms with Crippen LogP contribution in [0.15, 0.2) is 146 Å². The normalized spacial score (nSPS) is 14.7. The summed E-state index contributed by atoms with van der Waals surface area (Å²) in [5.41, 5.74) is 0. The fourth-order valence-corrected chi connectivity index (χ4v) is 11.5. The molecule has 0 aromatic carbocycles. The number of hydrogen-bond acceptors (Lipinski definition) is 15. The van der Waals surface area contributed by atoms with E-state index in [9.17, 15) is 43.2 Å². The lowest BCUT2D eigenvalue weighted by Gasteiger charge is -2.21. The fourth-order valence-electron chi connectivity index (χ4n) is 9.87. The van der Waals surface area contributed by atoms with Crippen LogP contribution in [-0.2, 0) is 65.4 Å². The van der Waals surface area contributed by atoms with E-state index in [2.05, 4.69) is 155 Å². The first-order chi connectivity index (χ1) is 49.7. The third kappa shape index (κ3) is 73.3. The van der Waals surface area contributed by atoms with Crippen LogP contribution in [0.3, 0.4) is 0 Å². The third-order valence-electron chi connectivity index (χ3n) is 15.8. The Morgan fingerprint density at radius 2 is 0.529 bits per heavy atom. The average Bonchev–Trinajstić information content (AvgIpc) is 0.908. The van der Waals surface area contributed by atoms with Crippen molar-refractivity contribution in [3.63, 3.8) is 0 Å². The van der Waals surface area contributed by atoms with E-state index in [1.807, 2.05) is 18.2 Å². The molecule has 0 aliphatic carbocycles. The summed E-state index contributed by atoms with van der Waals surface area (Å²) < 4.78 is 68.4. The summed E-state index contributed by atoms with van der Waals surface area (Å²) in [6, 6.07) is 0. The molecule has 0 rings (SSSR count). The van der Waals surface area contributed by atoms with Gasteiger partial charge in [0.15, 0.2) is 12.2 Å². The smallest absolute Gasteiger partial charge is 0.462 e. The topological polar surface area (TPSA) is 237 Å². The largest absolute Gasteiger partial charge is 0.472 e. The second-order valence-corrected chi connectivity index (χ2v) is 28.4. The summed E-state index contributed by atoms with van der Waals surface area (Å²) in [6.07, 6.45) is 84.2. The molecule has 0 amide bonds. The number of ether oxygens (including phenoxy) is 4. The molecule has 5 unspecified atom stereocenters. The number of phosphoric ester groups is 2. The van der Waals surface area contributed by atoms with E-state index in [0.717, 1.165) is 148 Å². The summed E-state index contributed by atoms with van der Waals surface area (Å²) in [4.78, 5) is 72.9. The molecule has 5 atom stereocenters. The molecule has 0 aliphatic rings. The van der Waals surface area contributed by atoms with Gasteiger partial charge in [0.05, 0.1) is 26.4 Å². The number of aliphatic hydroxyl groups excluding tert-OH is 1. The lowest BCUT2D eigenvalue weighted by molar-refractivity contribution is -0.161. The molecule has 102 heavy (non-hydrogen) atoms. The number of allylic oxidation sites excluding steroid dienone is 24. The highest BCUT2D eigenvalue weighted by atomic mass is 31.2. The van der Waals surface area contributed by atoms with Gasteiger partial charge in [0.25, 0.3) is 0 Å². The van der Waals surface area contributed by atoms with E-state index in [0.29, 0.717) is 32.1 Å². The van der Waals surface area contributed by atoms with Crippen LogP contribution >= 0.6 is 15.6 Å². The minimum absolute atomic E-state index is 0.0303. The van der Waals surface area contributed by atoms with Crippen LogP contribution in [0.1, 0.15) is 297 Å². The predicted molar refractivity (Wildman–Crippen MR) is 417 cm³/mol. The van der Waals surface area contributed by atoms with Crippen molar-refractivity contribution in [1.29, 1.82) is 0 Å². The van der Waals surface area contributed by atoms with Crippen LogP contribution in [0.25, 0.3) is 0 Å². The number of esters is 4. The molecule has 0 fully saturated rings. The van der Waals surface area contributed by atoms with Crippen LogP contribution < -0.4 is 0 Å². The monoisotopic (exact) mass is 1470 g/mol. The Morgan fingerprint density at radius 3 is 0.882 bits per heavy atom. The molecule has 0 radical (unpaired) electrons. The molecule has 0 bridgehead atoms. The first-order valence-corrected chi connectivity index (χ1v) is 42.1. The van der Waals surface area contributed by atoms with E-state index >= 15 is 0 Å². The van der Waals surface area contributed by atoms with E-state index in [4.69, 9.17) is 37.0 Å². The highest BCUT2D eigenvalue weighted by Crippen LogP contribution is 2.45. The number of phosphoric acid groups is 2. The first-order valence-electron chi connectivity index (χ1n) is 39.1. The standard InChI is InChI=1S/C83H138O17P2/c1-5-9-13-17-21-25-29-33-36-37-38-39-42-45-48-52-56-60-64-68-81(86)94-73-78(99-82(87)69-65-61-57-53-49-43-32-28-24-20-16-12-8-4)75-97-101(89,90)95-71-77(84)72-96-102(91,92)98-76-79(100-83(88)70-66-62-58-54-50-46-41-35-31-27-23-19-15-11-7-3)74-93-80(85)67-63-59-55-51-47-44-40-34-30-26-22-18-14-10-6-2/h9-10,13-14,21-22,25-26,28,32-36,38-41,45,47-48,51,56,60,77-79,84H,5-8,11-12,15-20,23-24,27,29-31,37,42-44,46,49-50,52-55,57-59,61-76H2,1-4H3,(H,89,90)(H,91,92)/b13-9-,14-10-,25-21-,26-22-,32-28-,36-33-,39-38-,40-34-,41-35-,48-45-,51-47-,60-56-. The zero-order valence-corrected chi connectivity index (χ0v) is 65.3. The summed E-state index contributed by atoms with van der Waals surface area (Å²) >= 11 is 0. The Hall–Kier alpha value is -5.06. The average molecular weight is 1470 g/mol. The Kier molecular flexibility index (Phi) is 70.5. The molecule has 0 aromatic heterocycles. The van der Waals surface area contributed by atoms with Gasteiger partial charge in [-0.15, -0.1) is 0 Å². The number of hydrogen-bond donors (Lipinski definition) is 3. The molecule has 3 N–H and O–H groups in total. The molecule has 0 saturated carbocycles. The van der Waals surface area contributed by atoms with Crippen molar-refractivity contribution in [3.05, 3.63) is 146 Å². The van der Waals surface area contributed by atoms with Gasteiger partial charge in [-0.2, -0.15) is 0 Å². The van der Waals surface area contributed by atoms with Gasteiger partial charge in [0.2, 0.25) is 0 Å². The lowest BCUT2D eigenvalue weighted by Crippen LogP contribution is -2.30. The van der Waals surface area contributed by atoms with Crippen molar-refractivity contribution >= 4 is 39.5 Å². The molecule has 17 nitrogen and oxygen atoms in total. The van der Waals surface area contributed by atoms with E-state index in [-0.39, 0.29) is 25.7 Å². The van der Waals surface area contributed by atoms with Gasteiger partial charge >= 0.3 is 39.5 Å². The molecular formula is C83H138O17P2. The van der Waals surface area contributed by atoms with Crippen LogP contribution in [-0.4, -0.2) is 96.7 Å². The molecule has 0 aromatic rings. The molecule has 0 spiro atoms. The zero-order chi connectivity index (χ0) is 74.6. The van der Waals surface area contributed by atoms with Crippen molar-refractivity contribution in [3.8, 4) is 0 Å². The zero-order valence-electron chi connectivity index (χ0n) is 63.5. The summed E-state index contributed by atoms with van der Waals surface area (Å²) in [5, 5.41) is 10.6. The Bertz CT molecular complexity index is 2510. The van der Waals surface area contributed by atoms with Gasteiger partial charge in [0, 0.05) is 25.7 Å². The SMILES string of the molecule is CC/C=C\C/C=C\C/C=C\C/C=C\C/C=C\C/C=C\CCC(=O)OCC(COP(=O)(O)OCC(O)COP(=O)(O)OCC(COC(=O)CCCC/C=C\C/C=C\C/C=C\C/C=C\CC)OC(=O)CCCCCCC/C=C\CCCCCCCC)OC(=O)CCCCCCC/C=C\CCCCCC. The van der Waals surface area contributed by atoms with Crippen LogP contribution in [0, 0.1) is 0 Å². The van der Waals surface area contributed by atoms with Crippen molar-refractivity contribution in [2.45, 2.75) is 316 Å². The number of carbonyl (C=O) groups excluding carboxylic acids is 4. The summed E-state index contributed by atoms with van der Waals surface area (Å²) in [6.45, 7) is 4.47. The second kappa shape index (κ2) is 74.2. The predicted octanol–water partition coefficient (Wildman–Crippen LogP) is 22.7. The highest BCUT2D eigenvalue weighted by Gasteiger charge is 2.30. The lowest BCUT2D eigenvalue weighted by atomic mass is 10.1. The van der Waals surface area contributed by atoms with Crippen LogP contribution in [0.4, 0.5) is 0 Å². The van der Waals surface area contributed by atoms with Crippen molar-refractivity contribution < 1.29 is 80.2 Å². The van der Waals surface area contributed by atoms with Gasteiger partial charge in [-0.3, -0.25) is 37.3 Å². The highest BCUT2D eigenvalue weighted by molar-refractivity contribution is 7.47. The summed E-state index contributed by atoms with van der Waals surface area (Å²) in [7, 11) is -10.00. The minimum atomic E-state index is -5.00. The fraction of sp³-hybridized carbons (Fsp3) is 0.663. The minimum Gasteiger partial charge on any atom is -0.462 e. The molecule has 0 saturated heterocycles. The second-order valence-electron chi connectivity index (χ2n) is 25.5. The van der Waals surface area contributed by atoms with Crippen molar-refractivity contribution in [2.75, 3.05) is 39.6 Å². The Balaban J connectivity index is 5.46. The maximum Gasteiger partial charge on any atom is 0.472 e. The maximum atomic E-state index is 13.1. The van der Waals surface area contributed by atoms with Gasteiger partial charge in [-0.25, -0.2) is 9.13 Å². The third-order valence-corrected chi connectivity index (χ3v) is 17.7. The molecule has 582 valence electrons. The maximum absolute atomic E-state index is 13.1. The first kappa shape index (κ1) is 96.9. The van der Waals surface area contributed by atoms with Gasteiger partial charge < -0.3 is 33.8 Å². The van der Waals surface area contributed by atoms with Crippen LogP contribution in [0.5, 0.6) is 0 Å². The van der Waals surface area contributed by atoms with Crippen LogP contribution in [0.2, 0.25) is 0 Å². The number of unbranched alkanes of at least 4 members (excludes halogenated alkanes) is 22. The number of rotatable bonds is 72. The van der Waals surface area contributed by atoms with Gasteiger partial charge in [0.1, 0.15) is 19.3 Å². The number of aliphatic hydroxyl groups is 1. The Labute approximate surface area is 617 Å². The van der Waals surface area contributed by atoms with Gasteiger partial charge in [-0.05, 0) is 154 Å². The molecule has 0 heterocycles. The molecule has 19 heteroatoms. The van der Waals surface area contributed by atoms with E-state index in [1.165, 1.54) is 64.2 Å². The molecule has 0 aliphatic heterocycles.